The van der Waals surface area contributed by atoms with E-state index in [1.54, 1.807) is 0 Å². The lowest BCUT2D eigenvalue weighted by molar-refractivity contribution is -0.150. The van der Waals surface area contributed by atoms with Gasteiger partial charge in [-0.15, -0.1) is 0 Å². The Labute approximate surface area is 200 Å². The summed E-state index contributed by atoms with van der Waals surface area (Å²) in [5, 5.41) is 19.4. The van der Waals surface area contributed by atoms with E-state index in [-0.39, 0.29) is 6.61 Å². The van der Waals surface area contributed by atoms with E-state index >= 15 is 0 Å². The fraction of sp³-hybridized carbons (Fsp3) is 0.241. The van der Waals surface area contributed by atoms with Crippen LogP contribution < -0.4 is 0 Å². The summed E-state index contributed by atoms with van der Waals surface area (Å²) in [6.07, 6.45) is 4.04. The van der Waals surface area contributed by atoms with Gasteiger partial charge >= 0.3 is 5.97 Å². The maximum Gasteiger partial charge on any atom is 0.323 e. The summed E-state index contributed by atoms with van der Waals surface area (Å²) in [5.74, 6) is -0.848. The van der Waals surface area contributed by atoms with Gasteiger partial charge in [-0.05, 0) is 47.2 Å². The maximum absolute atomic E-state index is 11.6. The van der Waals surface area contributed by atoms with Crippen LogP contribution in [0.3, 0.4) is 0 Å². The Morgan fingerprint density at radius 3 is 2.59 bits per heavy atom. The molecule has 1 aliphatic rings. The number of carboxylic acids is 1. The second-order valence-corrected chi connectivity index (χ2v) is 8.62. The SMILES string of the molecule is Cc1cc(CN2CCOC[C@H]2C(=O)O)c(C)cc1/C=C/c1cccc(-c2ccccc2)c1C#N. The van der Waals surface area contributed by atoms with Crippen molar-refractivity contribution in [3.63, 3.8) is 0 Å². The van der Waals surface area contributed by atoms with Crippen LogP contribution in [0.25, 0.3) is 23.3 Å². The molecule has 0 amide bonds. The van der Waals surface area contributed by atoms with Gasteiger partial charge in [-0.3, -0.25) is 9.69 Å². The molecule has 0 spiro atoms. The highest BCUT2D eigenvalue weighted by atomic mass is 16.5. The lowest BCUT2D eigenvalue weighted by atomic mass is 9.94. The first-order chi connectivity index (χ1) is 16.5. The second-order valence-electron chi connectivity index (χ2n) is 8.62. The number of hydrogen-bond donors (Lipinski definition) is 1. The number of benzene rings is 3. The van der Waals surface area contributed by atoms with Crippen molar-refractivity contribution < 1.29 is 14.6 Å². The highest BCUT2D eigenvalue weighted by Gasteiger charge is 2.29. The fourth-order valence-electron chi connectivity index (χ4n) is 4.39. The van der Waals surface area contributed by atoms with E-state index in [2.05, 4.69) is 32.0 Å². The molecule has 34 heavy (non-hydrogen) atoms. The second kappa shape index (κ2) is 10.5. The van der Waals surface area contributed by atoms with Gasteiger partial charge in [0.1, 0.15) is 12.1 Å². The molecule has 4 rings (SSSR count). The van der Waals surface area contributed by atoms with Crippen LogP contribution in [0, 0.1) is 25.2 Å². The van der Waals surface area contributed by atoms with Crippen LogP contribution in [-0.4, -0.2) is 41.8 Å². The quantitative estimate of drug-likeness (QED) is 0.514. The molecule has 5 nitrogen and oxygen atoms in total. The Hall–Kier alpha value is -3.72. The number of aryl methyl sites for hydroxylation is 2. The van der Waals surface area contributed by atoms with Gasteiger partial charge < -0.3 is 9.84 Å². The summed E-state index contributed by atoms with van der Waals surface area (Å²) >= 11 is 0. The molecule has 0 saturated carbocycles. The largest absolute Gasteiger partial charge is 0.480 e. The minimum absolute atomic E-state index is 0.220. The van der Waals surface area contributed by atoms with Gasteiger partial charge in [0, 0.05) is 18.7 Å². The van der Waals surface area contributed by atoms with Gasteiger partial charge in [-0.1, -0.05) is 72.8 Å². The monoisotopic (exact) mass is 452 g/mol. The predicted octanol–water partition coefficient (Wildman–Crippen LogP) is 5.30. The summed E-state index contributed by atoms with van der Waals surface area (Å²) < 4.78 is 5.36. The molecule has 0 radical (unpaired) electrons. The minimum Gasteiger partial charge on any atom is -0.480 e. The molecular weight excluding hydrogens is 424 g/mol. The molecule has 3 aromatic carbocycles. The van der Waals surface area contributed by atoms with E-state index in [1.807, 2.05) is 65.6 Å². The third-order valence-corrected chi connectivity index (χ3v) is 6.36. The molecule has 0 aromatic heterocycles. The Kier molecular flexibility index (Phi) is 7.22. The molecule has 1 fully saturated rings. The standard InChI is InChI=1S/C29H28N2O3/c1-20-16-25(18-31-13-14-34-19-28(31)29(32)33)21(2)15-24(20)12-11-23-9-6-10-26(27(23)17-30)22-7-4-3-5-8-22/h3-12,15-16,28H,13-14,18-19H2,1-2H3,(H,32,33)/b12-11+/t28-/m0/s1. The molecule has 1 atom stereocenters. The molecule has 0 aliphatic carbocycles. The predicted molar refractivity (Wildman–Crippen MR) is 134 cm³/mol. The minimum atomic E-state index is -0.848. The highest BCUT2D eigenvalue weighted by molar-refractivity contribution is 5.81. The average Bonchev–Trinajstić information content (AvgIpc) is 2.85. The fourth-order valence-corrected chi connectivity index (χ4v) is 4.39. The number of ether oxygens (including phenoxy) is 1. The van der Waals surface area contributed by atoms with Crippen molar-refractivity contribution in [1.82, 2.24) is 4.90 Å². The first-order valence-electron chi connectivity index (χ1n) is 11.4. The Balaban J connectivity index is 1.60. The summed E-state index contributed by atoms with van der Waals surface area (Å²) in [4.78, 5) is 13.6. The number of rotatable bonds is 6. The average molecular weight is 453 g/mol. The number of nitrogens with zero attached hydrogens (tertiary/aromatic N) is 2. The van der Waals surface area contributed by atoms with Crippen molar-refractivity contribution in [2.24, 2.45) is 0 Å². The van der Waals surface area contributed by atoms with Crippen molar-refractivity contribution in [3.05, 3.63) is 94.0 Å². The molecule has 1 aliphatic heterocycles. The van der Waals surface area contributed by atoms with E-state index < -0.39 is 12.0 Å². The van der Waals surface area contributed by atoms with E-state index in [9.17, 15) is 15.2 Å². The normalized spacial score (nSPS) is 16.4. The van der Waals surface area contributed by atoms with Crippen molar-refractivity contribution in [3.8, 4) is 17.2 Å². The summed E-state index contributed by atoms with van der Waals surface area (Å²) in [6, 6.07) is 21.9. The molecule has 1 N–H and O–H groups in total. The maximum atomic E-state index is 11.6. The number of morpholine rings is 1. The van der Waals surface area contributed by atoms with Crippen molar-refractivity contribution in [2.75, 3.05) is 19.8 Å². The third kappa shape index (κ3) is 5.09. The van der Waals surface area contributed by atoms with Crippen LogP contribution >= 0.6 is 0 Å². The lowest BCUT2D eigenvalue weighted by Gasteiger charge is -2.33. The van der Waals surface area contributed by atoms with Crippen LogP contribution in [0.1, 0.15) is 33.4 Å². The van der Waals surface area contributed by atoms with E-state index in [1.165, 1.54) is 0 Å². The molecule has 5 heteroatoms. The van der Waals surface area contributed by atoms with Crippen molar-refractivity contribution >= 4 is 18.1 Å². The Morgan fingerprint density at radius 1 is 1.09 bits per heavy atom. The molecular formula is C29H28N2O3. The highest BCUT2D eigenvalue weighted by Crippen LogP contribution is 2.28. The molecule has 3 aromatic rings. The molecule has 0 unspecified atom stereocenters. The van der Waals surface area contributed by atoms with Crippen LogP contribution in [0.4, 0.5) is 0 Å². The summed E-state index contributed by atoms with van der Waals surface area (Å²) in [7, 11) is 0. The lowest BCUT2D eigenvalue weighted by Crippen LogP contribution is -2.49. The van der Waals surface area contributed by atoms with Crippen LogP contribution in [-0.2, 0) is 16.1 Å². The van der Waals surface area contributed by atoms with Crippen molar-refractivity contribution in [1.29, 1.82) is 5.26 Å². The molecule has 0 bridgehead atoms. The van der Waals surface area contributed by atoms with Crippen molar-refractivity contribution in [2.45, 2.75) is 26.4 Å². The number of carbonyl (C=O) groups is 1. The smallest absolute Gasteiger partial charge is 0.323 e. The Morgan fingerprint density at radius 2 is 1.85 bits per heavy atom. The molecule has 172 valence electrons. The first-order valence-corrected chi connectivity index (χ1v) is 11.4. The zero-order valence-electron chi connectivity index (χ0n) is 19.5. The van der Waals surface area contributed by atoms with E-state index in [0.29, 0.717) is 25.3 Å². The van der Waals surface area contributed by atoms with Crippen LogP contribution in [0.2, 0.25) is 0 Å². The number of carboxylic acid groups (broad SMARTS) is 1. The van der Waals surface area contributed by atoms with Gasteiger partial charge in [-0.2, -0.15) is 5.26 Å². The van der Waals surface area contributed by atoms with Crippen LogP contribution in [0.15, 0.2) is 60.7 Å². The van der Waals surface area contributed by atoms with Gasteiger partial charge in [0.05, 0.1) is 18.8 Å². The molecule has 1 saturated heterocycles. The zero-order chi connectivity index (χ0) is 24.1. The van der Waals surface area contributed by atoms with Crippen LogP contribution in [0.5, 0.6) is 0 Å². The van der Waals surface area contributed by atoms with Gasteiger partial charge in [0.15, 0.2) is 0 Å². The Bertz CT molecular complexity index is 1260. The summed E-state index contributed by atoms with van der Waals surface area (Å²) in [6.45, 7) is 6.06. The van der Waals surface area contributed by atoms with E-state index in [4.69, 9.17) is 4.74 Å². The zero-order valence-corrected chi connectivity index (χ0v) is 19.5. The van der Waals surface area contributed by atoms with Gasteiger partial charge in [0.2, 0.25) is 0 Å². The third-order valence-electron chi connectivity index (χ3n) is 6.36. The van der Waals surface area contributed by atoms with Gasteiger partial charge in [-0.25, -0.2) is 0 Å². The summed E-state index contributed by atoms with van der Waals surface area (Å²) in [5.41, 5.74) is 7.89. The first kappa shape index (κ1) is 23.4. The molecule has 1 heterocycles. The van der Waals surface area contributed by atoms with E-state index in [0.717, 1.165) is 38.9 Å². The number of aliphatic carboxylic acids is 1. The topological polar surface area (TPSA) is 73.6 Å². The van der Waals surface area contributed by atoms with Gasteiger partial charge in [0.25, 0.3) is 0 Å². The number of nitriles is 1. The number of hydrogen-bond acceptors (Lipinski definition) is 4.